The number of carbonyl (C=O) groups excluding carboxylic acids is 1. The molecule has 1 heterocycles. The van der Waals surface area contributed by atoms with Crippen LogP contribution in [0, 0.1) is 12.8 Å². The van der Waals surface area contributed by atoms with Crippen molar-refractivity contribution in [2.24, 2.45) is 5.92 Å². The molecule has 1 fully saturated rings. The molecule has 0 bridgehead atoms. The van der Waals surface area contributed by atoms with E-state index in [1.807, 2.05) is 0 Å². The third kappa shape index (κ3) is 3.67. The third-order valence-corrected chi connectivity index (χ3v) is 3.09. The number of hydrogen-bond acceptors (Lipinski definition) is 5. The van der Waals surface area contributed by atoms with Crippen LogP contribution in [0.5, 0.6) is 0 Å². The molecule has 2 amide bonds. The maximum atomic E-state index is 11.6. The summed E-state index contributed by atoms with van der Waals surface area (Å²) in [7, 11) is 0. The minimum atomic E-state index is -0.799. The molecule has 0 aliphatic heterocycles. The first-order valence-electron chi connectivity index (χ1n) is 6.11. The van der Waals surface area contributed by atoms with Crippen LogP contribution in [-0.4, -0.2) is 33.3 Å². The van der Waals surface area contributed by atoms with Crippen molar-refractivity contribution in [2.75, 3.05) is 0 Å². The lowest BCUT2D eigenvalue weighted by molar-refractivity contribution is -0.141. The Kier molecular flexibility index (Phi) is 3.98. The number of hydrogen-bond donors (Lipinski definition) is 3. The van der Waals surface area contributed by atoms with Crippen molar-refractivity contribution >= 4 is 12.0 Å². The van der Waals surface area contributed by atoms with Gasteiger partial charge in [-0.2, -0.15) is 4.98 Å². The molecule has 0 saturated heterocycles. The fourth-order valence-corrected chi connectivity index (χ4v) is 2.15. The van der Waals surface area contributed by atoms with E-state index in [1.165, 1.54) is 0 Å². The normalized spacial score (nSPS) is 22.2. The fourth-order valence-electron chi connectivity index (χ4n) is 2.15. The standard InChI is InChI=1S/C11H16N4O4/c1-6-13-9(15-19-6)5-12-11(18)14-8-3-2-7(4-8)10(16)17/h7-8H,2-5H2,1H3,(H,16,17)(H2,12,14,18)/t7-,8+/m1/s1. The summed E-state index contributed by atoms with van der Waals surface area (Å²) in [4.78, 5) is 26.3. The van der Waals surface area contributed by atoms with Gasteiger partial charge in [0.05, 0.1) is 12.5 Å². The first-order chi connectivity index (χ1) is 9.04. The quantitative estimate of drug-likeness (QED) is 0.729. The Bertz CT molecular complexity index is 473. The van der Waals surface area contributed by atoms with Gasteiger partial charge in [-0.25, -0.2) is 4.79 Å². The number of aliphatic carboxylic acids is 1. The maximum absolute atomic E-state index is 11.6. The van der Waals surface area contributed by atoms with Gasteiger partial charge < -0.3 is 20.3 Å². The molecule has 1 aromatic rings. The van der Waals surface area contributed by atoms with Crippen molar-refractivity contribution in [3.05, 3.63) is 11.7 Å². The van der Waals surface area contributed by atoms with Gasteiger partial charge in [-0.1, -0.05) is 5.16 Å². The molecule has 19 heavy (non-hydrogen) atoms. The second-order valence-electron chi connectivity index (χ2n) is 4.60. The van der Waals surface area contributed by atoms with E-state index in [4.69, 9.17) is 9.63 Å². The van der Waals surface area contributed by atoms with E-state index in [-0.39, 0.29) is 24.5 Å². The number of carbonyl (C=O) groups is 2. The molecule has 2 rings (SSSR count). The molecule has 1 aromatic heterocycles. The van der Waals surface area contributed by atoms with Crippen molar-refractivity contribution in [1.29, 1.82) is 0 Å². The lowest BCUT2D eigenvalue weighted by atomic mass is 10.1. The van der Waals surface area contributed by atoms with Crippen molar-refractivity contribution < 1.29 is 19.2 Å². The van der Waals surface area contributed by atoms with E-state index < -0.39 is 5.97 Å². The van der Waals surface area contributed by atoms with Crippen LogP contribution in [0.15, 0.2) is 4.52 Å². The van der Waals surface area contributed by atoms with Gasteiger partial charge in [0.25, 0.3) is 0 Å². The number of urea groups is 1. The Morgan fingerprint density at radius 1 is 1.47 bits per heavy atom. The van der Waals surface area contributed by atoms with E-state index in [0.717, 1.165) is 0 Å². The SMILES string of the molecule is Cc1nc(CNC(=O)N[C@H]2CC[C@@H](C(=O)O)C2)no1. The summed E-state index contributed by atoms with van der Waals surface area (Å²) in [5.74, 6) is -0.308. The molecule has 1 saturated carbocycles. The number of carboxylic acid groups (broad SMARTS) is 1. The van der Waals surface area contributed by atoms with Crippen LogP contribution in [0.2, 0.25) is 0 Å². The maximum Gasteiger partial charge on any atom is 0.315 e. The zero-order valence-electron chi connectivity index (χ0n) is 10.5. The van der Waals surface area contributed by atoms with Gasteiger partial charge in [-0.3, -0.25) is 4.79 Å². The van der Waals surface area contributed by atoms with Crippen LogP contribution < -0.4 is 10.6 Å². The summed E-state index contributed by atoms with van der Waals surface area (Å²) in [6.45, 7) is 1.85. The van der Waals surface area contributed by atoms with Gasteiger partial charge in [0.2, 0.25) is 5.89 Å². The summed E-state index contributed by atoms with van der Waals surface area (Å²) in [5, 5.41) is 17.9. The molecule has 104 valence electrons. The van der Waals surface area contributed by atoms with Gasteiger partial charge in [0.1, 0.15) is 0 Å². The van der Waals surface area contributed by atoms with E-state index in [0.29, 0.717) is 31.0 Å². The summed E-state index contributed by atoms with van der Waals surface area (Å²) < 4.78 is 4.77. The van der Waals surface area contributed by atoms with E-state index in [1.54, 1.807) is 6.92 Å². The van der Waals surface area contributed by atoms with E-state index >= 15 is 0 Å². The lowest BCUT2D eigenvalue weighted by Gasteiger charge is -2.12. The Hall–Kier alpha value is -2.12. The highest BCUT2D eigenvalue weighted by Crippen LogP contribution is 2.25. The molecule has 0 radical (unpaired) electrons. The average molecular weight is 268 g/mol. The smallest absolute Gasteiger partial charge is 0.315 e. The molecular formula is C11H16N4O4. The lowest BCUT2D eigenvalue weighted by Crippen LogP contribution is -2.41. The highest BCUT2D eigenvalue weighted by Gasteiger charge is 2.30. The second-order valence-corrected chi connectivity index (χ2v) is 4.60. The number of rotatable bonds is 4. The Balaban J connectivity index is 1.72. The van der Waals surface area contributed by atoms with Crippen molar-refractivity contribution in [1.82, 2.24) is 20.8 Å². The van der Waals surface area contributed by atoms with Crippen LogP contribution in [-0.2, 0) is 11.3 Å². The molecule has 8 nitrogen and oxygen atoms in total. The van der Waals surface area contributed by atoms with Crippen molar-refractivity contribution in [2.45, 2.75) is 38.8 Å². The zero-order chi connectivity index (χ0) is 13.8. The molecule has 0 unspecified atom stereocenters. The summed E-state index contributed by atoms with van der Waals surface area (Å²) in [6, 6.07) is -0.438. The molecule has 0 aromatic carbocycles. The average Bonchev–Trinajstić information content (AvgIpc) is 2.96. The topological polar surface area (TPSA) is 117 Å². The van der Waals surface area contributed by atoms with Gasteiger partial charge in [0.15, 0.2) is 5.82 Å². The zero-order valence-corrected chi connectivity index (χ0v) is 10.5. The van der Waals surface area contributed by atoms with E-state index in [9.17, 15) is 9.59 Å². The predicted molar refractivity (Wildman–Crippen MR) is 63.2 cm³/mol. The minimum absolute atomic E-state index is 0.0897. The van der Waals surface area contributed by atoms with E-state index in [2.05, 4.69) is 20.8 Å². The van der Waals surface area contributed by atoms with Crippen LogP contribution in [0.4, 0.5) is 4.79 Å². The van der Waals surface area contributed by atoms with Crippen LogP contribution in [0.25, 0.3) is 0 Å². The summed E-state index contributed by atoms with van der Waals surface area (Å²) >= 11 is 0. The van der Waals surface area contributed by atoms with Gasteiger partial charge in [0, 0.05) is 13.0 Å². The first kappa shape index (κ1) is 13.3. The number of aromatic nitrogens is 2. The van der Waals surface area contributed by atoms with Crippen LogP contribution in [0.3, 0.4) is 0 Å². The van der Waals surface area contributed by atoms with Crippen molar-refractivity contribution in [3.63, 3.8) is 0 Å². The molecule has 1 aliphatic carbocycles. The Morgan fingerprint density at radius 3 is 2.84 bits per heavy atom. The first-order valence-corrected chi connectivity index (χ1v) is 6.11. The number of nitrogens with zero attached hydrogens (tertiary/aromatic N) is 2. The summed E-state index contributed by atoms with van der Waals surface area (Å²) in [6.07, 6.45) is 1.76. The number of amides is 2. The highest BCUT2D eigenvalue weighted by atomic mass is 16.5. The van der Waals surface area contributed by atoms with Gasteiger partial charge in [-0.05, 0) is 19.3 Å². The molecule has 2 atom stereocenters. The highest BCUT2D eigenvalue weighted by molar-refractivity contribution is 5.75. The number of carboxylic acids is 1. The minimum Gasteiger partial charge on any atom is -0.481 e. The van der Waals surface area contributed by atoms with Gasteiger partial charge >= 0.3 is 12.0 Å². The van der Waals surface area contributed by atoms with Gasteiger partial charge in [-0.15, -0.1) is 0 Å². The molecule has 1 aliphatic rings. The Morgan fingerprint density at radius 2 is 2.26 bits per heavy atom. The number of nitrogens with one attached hydrogen (secondary N) is 2. The number of aryl methyl sites for hydroxylation is 1. The van der Waals surface area contributed by atoms with Crippen LogP contribution >= 0.6 is 0 Å². The molecular weight excluding hydrogens is 252 g/mol. The third-order valence-electron chi connectivity index (χ3n) is 3.09. The monoisotopic (exact) mass is 268 g/mol. The fraction of sp³-hybridized carbons (Fsp3) is 0.636. The molecule has 3 N–H and O–H groups in total. The Labute approximate surface area is 109 Å². The molecule has 8 heteroatoms. The predicted octanol–water partition coefficient (Wildman–Crippen LogP) is 0.431. The second kappa shape index (κ2) is 5.68. The van der Waals surface area contributed by atoms with Crippen molar-refractivity contribution in [3.8, 4) is 0 Å². The van der Waals surface area contributed by atoms with Crippen LogP contribution in [0.1, 0.15) is 31.0 Å². The largest absolute Gasteiger partial charge is 0.481 e. The molecule has 0 spiro atoms. The summed E-state index contributed by atoms with van der Waals surface area (Å²) in [5.41, 5.74) is 0.